The van der Waals surface area contributed by atoms with E-state index in [9.17, 15) is 9.59 Å². The number of hydrogen-bond acceptors (Lipinski definition) is 5. The van der Waals surface area contributed by atoms with Gasteiger partial charge in [0.25, 0.3) is 11.8 Å². The highest BCUT2D eigenvalue weighted by molar-refractivity contribution is 5.95. The molecule has 0 atom stereocenters. The zero-order valence-electron chi connectivity index (χ0n) is 19.9. The van der Waals surface area contributed by atoms with Gasteiger partial charge in [-0.15, -0.1) is 0 Å². The van der Waals surface area contributed by atoms with E-state index in [2.05, 4.69) is 42.3 Å². The summed E-state index contributed by atoms with van der Waals surface area (Å²) < 4.78 is 10.6. The molecule has 7 nitrogen and oxygen atoms in total. The lowest BCUT2D eigenvalue weighted by Gasteiger charge is -2.33. The smallest absolute Gasteiger partial charge is 0.251 e. The molecule has 5 rings (SSSR count). The van der Waals surface area contributed by atoms with Crippen molar-refractivity contribution in [2.24, 2.45) is 0 Å². The summed E-state index contributed by atoms with van der Waals surface area (Å²) in [5, 5.41) is 2.97. The first-order chi connectivity index (χ1) is 16.5. The van der Waals surface area contributed by atoms with E-state index in [1.807, 2.05) is 4.90 Å². The largest absolute Gasteiger partial charge is 0.454 e. The third kappa shape index (κ3) is 4.66. The number of amides is 2. The van der Waals surface area contributed by atoms with Crippen molar-refractivity contribution in [3.8, 4) is 11.5 Å². The third-order valence-corrected chi connectivity index (χ3v) is 6.97. The number of aryl methyl sites for hydroxylation is 2. The Morgan fingerprint density at radius 1 is 0.971 bits per heavy atom. The Morgan fingerprint density at radius 3 is 2.62 bits per heavy atom. The lowest BCUT2D eigenvalue weighted by molar-refractivity contribution is -0.128. The molecule has 0 spiro atoms. The first-order valence-corrected chi connectivity index (χ1v) is 12.0. The van der Waals surface area contributed by atoms with Crippen molar-refractivity contribution in [2.45, 2.75) is 33.2 Å². The minimum Gasteiger partial charge on any atom is -0.454 e. The van der Waals surface area contributed by atoms with Gasteiger partial charge in [0.2, 0.25) is 6.79 Å². The first kappa shape index (κ1) is 22.5. The van der Waals surface area contributed by atoms with Crippen LogP contribution in [0.4, 0.5) is 0 Å². The summed E-state index contributed by atoms with van der Waals surface area (Å²) in [6.07, 6.45) is 3.84. The van der Waals surface area contributed by atoms with Gasteiger partial charge in [-0.2, -0.15) is 0 Å². The summed E-state index contributed by atoms with van der Waals surface area (Å²) in [7, 11) is 0. The van der Waals surface area contributed by atoms with Crippen molar-refractivity contribution in [3.05, 3.63) is 69.8 Å². The summed E-state index contributed by atoms with van der Waals surface area (Å²) in [4.78, 5) is 30.0. The monoisotopic (exact) mass is 461 g/mol. The summed E-state index contributed by atoms with van der Waals surface area (Å²) in [5.41, 5.74) is 6.63. The molecule has 2 aromatic rings. The van der Waals surface area contributed by atoms with E-state index < -0.39 is 0 Å². The van der Waals surface area contributed by atoms with Gasteiger partial charge < -0.3 is 19.7 Å². The molecule has 0 fully saturated rings. The molecule has 0 saturated heterocycles. The number of benzene rings is 2. The van der Waals surface area contributed by atoms with Crippen LogP contribution in [-0.2, 0) is 17.8 Å². The molecule has 3 aliphatic rings. The molecule has 3 heterocycles. The number of rotatable bonds is 5. The highest BCUT2D eigenvalue weighted by Gasteiger charge is 2.26. The molecule has 3 aliphatic heterocycles. The SMILES string of the molecule is Cc1cc2c(cc1C)CN(C(=O)C1=CCCN(CCNC(=O)c3ccc4c(c3)OCO4)C1)CC2. The summed E-state index contributed by atoms with van der Waals surface area (Å²) in [6.45, 7) is 8.62. The second-order valence-electron chi connectivity index (χ2n) is 9.30. The van der Waals surface area contributed by atoms with Crippen LogP contribution >= 0.6 is 0 Å². The van der Waals surface area contributed by atoms with Gasteiger partial charge in [0.15, 0.2) is 11.5 Å². The Morgan fingerprint density at radius 2 is 1.76 bits per heavy atom. The lowest BCUT2D eigenvalue weighted by atomic mass is 9.94. The number of ether oxygens (including phenoxy) is 2. The predicted molar refractivity (Wildman–Crippen MR) is 129 cm³/mol. The highest BCUT2D eigenvalue weighted by atomic mass is 16.7. The number of carbonyl (C=O) groups excluding carboxylic acids is 2. The molecule has 0 radical (unpaired) electrons. The van der Waals surface area contributed by atoms with Crippen molar-refractivity contribution in [3.63, 3.8) is 0 Å². The molecule has 2 aromatic carbocycles. The highest BCUT2D eigenvalue weighted by Crippen LogP contribution is 2.32. The maximum atomic E-state index is 13.3. The van der Waals surface area contributed by atoms with Crippen LogP contribution < -0.4 is 14.8 Å². The van der Waals surface area contributed by atoms with E-state index in [0.29, 0.717) is 43.2 Å². The summed E-state index contributed by atoms with van der Waals surface area (Å²) in [5.74, 6) is 1.26. The Kier molecular flexibility index (Phi) is 6.28. The molecule has 2 amide bonds. The summed E-state index contributed by atoms with van der Waals surface area (Å²) >= 11 is 0. The molecular weight excluding hydrogens is 430 g/mol. The number of carbonyl (C=O) groups is 2. The van der Waals surface area contributed by atoms with Crippen LogP contribution in [0.2, 0.25) is 0 Å². The van der Waals surface area contributed by atoms with Crippen LogP contribution in [-0.4, -0.2) is 61.1 Å². The fourth-order valence-electron chi connectivity index (χ4n) is 4.85. The van der Waals surface area contributed by atoms with Crippen LogP contribution in [0.15, 0.2) is 42.0 Å². The molecule has 0 aliphatic carbocycles. The third-order valence-electron chi connectivity index (χ3n) is 6.97. The topological polar surface area (TPSA) is 71.1 Å². The van der Waals surface area contributed by atoms with Crippen molar-refractivity contribution in [1.29, 1.82) is 0 Å². The molecule has 7 heteroatoms. The Bertz CT molecular complexity index is 1160. The van der Waals surface area contributed by atoms with Gasteiger partial charge in [-0.25, -0.2) is 0 Å². The van der Waals surface area contributed by atoms with Gasteiger partial charge in [-0.3, -0.25) is 14.5 Å². The van der Waals surface area contributed by atoms with E-state index in [-0.39, 0.29) is 18.6 Å². The lowest BCUT2D eigenvalue weighted by Crippen LogP contribution is -2.43. The standard InChI is InChI=1S/C27H31N3O4/c1-18-12-20-7-10-30(16-23(20)13-19(18)2)27(32)22-4-3-9-29(15-22)11-8-28-26(31)21-5-6-24-25(14-21)34-17-33-24/h4-6,12-14H,3,7-11,15-17H2,1-2H3,(H,28,31). The second-order valence-corrected chi connectivity index (χ2v) is 9.30. The molecule has 34 heavy (non-hydrogen) atoms. The van der Waals surface area contributed by atoms with Gasteiger partial charge in [0.1, 0.15) is 0 Å². The van der Waals surface area contributed by atoms with Gasteiger partial charge in [0.05, 0.1) is 0 Å². The Balaban J connectivity index is 1.13. The quantitative estimate of drug-likeness (QED) is 0.741. The van der Waals surface area contributed by atoms with Gasteiger partial charge >= 0.3 is 0 Å². The number of hydrogen-bond donors (Lipinski definition) is 1. The zero-order valence-corrected chi connectivity index (χ0v) is 19.9. The van der Waals surface area contributed by atoms with Crippen molar-refractivity contribution >= 4 is 11.8 Å². The van der Waals surface area contributed by atoms with Crippen molar-refractivity contribution in [2.75, 3.05) is 39.5 Å². The molecule has 178 valence electrons. The minimum absolute atomic E-state index is 0.137. The molecule has 0 unspecified atom stereocenters. The first-order valence-electron chi connectivity index (χ1n) is 12.0. The number of nitrogens with one attached hydrogen (secondary N) is 1. The van der Waals surface area contributed by atoms with Crippen molar-refractivity contribution < 1.29 is 19.1 Å². The molecule has 0 saturated carbocycles. The van der Waals surface area contributed by atoms with Gasteiger partial charge in [-0.1, -0.05) is 18.2 Å². The van der Waals surface area contributed by atoms with E-state index >= 15 is 0 Å². The normalized spacial score (nSPS) is 17.2. The zero-order chi connectivity index (χ0) is 23.7. The van der Waals surface area contributed by atoms with Crippen LogP contribution in [0.3, 0.4) is 0 Å². The van der Waals surface area contributed by atoms with Crippen LogP contribution in [0.25, 0.3) is 0 Å². The fraction of sp³-hybridized carbons (Fsp3) is 0.407. The molecular formula is C27H31N3O4. The molecule has 0 aromatic heterocycles. The van der Waals surface area contributed by atoms with Crippen LogP contribution in [0.5, 0.6) is 11.5 Å². The van der Waals surface area contributed by atoms with Crippen molar-refractivity contribution in [1.82, 2.24) is 15.1 Å². The van der Waals surface area contributed by atoms with E-state index in [4.69, 9.17) is 9.47 Å². The van der Waals surface area contributed by atoms with E-state index in [1.165, 1.54) is 22.3 Å². The fourth-order valence-corrected chi connectivity index (χ4v) is 4.85. The maximum Gasteiger partial charge on any atom is 0.251 e. The van der Waals surface area contributed by atoms with Gasteiger partial charge in [-0.05, 0) is 67.1 Å². The second kappa shape index (κ2) is 9.50. The summed E-state index contributed by atoms with van der Waals surface area (Å²) in [6, 6.07) is 9.70. The predicted octanol–water partition coefficient (Wildman–Crippen LogP) is 2.98. The molecule has 1 N–H and O–H groups in total. The number of fused-ring (bicyclic) bond motifs is 2. The van der Waals surface area contributed by atoms with Gasteiger partial charge in [0, 0.05) is 50.4 Å². The minimum atomic E-state index is -0.139. The van der Waals surface area contributed by atoms with E-state index in [1.54, 1.807) is 18.2 Å². The molecule has 0 bridgehead atoms. The average molecular weight is 462 g/mol. The Labute approximate surface area is 200 Å². The maximum absolute atomic E-state index is 13.3. The average Bonchev–Trinajstić information content (AvgIpc) is 3.32. The number of nitrogens with zero attached hydrogens (tertiary/aromatic N) is 2. The van der Waals surface area contributed by atoms with Crippen LogP contribution in [0.1, 0.15) is 39.0 Å². The van der Waals surface area contributed by atoms with Crippen LogP contribution in [0, 0.1) is 13.8 Å². The Hall–Kier alpha value is -3.32. The van der Waals surface area contributed by atoms with E-state index in [0.717, 1.165) is 31.5 Å².